The Balaban J connectivity index is 2.75. The van der Waals surface area contributed by atoms with Gasteiger partial charge in [0.25, 0.3) is 0 Å². The second kappa shape index (κ2) is 6.43. The maximum absolute atomic E-state index is 8.72. The predicted octanol–water partition coefficient (Wildman–Crippen LogP) is 2.21. The lowest BCUT2D eigenvalue weighted by Crippen LogP contribution is -1.94. The van der Waals surface area contributed by atoms with Gasteiger partial charge in [0.1, 0.15) is 0 Å². The maximum Gasteiger partial charge on any atom is 0.0964 e. The second-order valence-corrected chi connectivity index (χ2v) is 2.93. The molecule has 0 aliphatic rings. The summed E-state index contributed by atoms with van der Waals surface area (Å²) in [5.74, 6) is 0. The van der Waals surface area contributed by atoms with E-state index in [0.717, 1.165) is 12.8 Å². The molecule has 0 spiro atoms. The Labute approximate surface area is 62.9 Å². The summed E-state index contributed by atoms with van der Waals surface area (Å²) >= 11 is 3.86. The number of aliphatic hydroxyl groups is 1. The van der Waals surface area contributed by atoms with Crippen LogP contribution in [0.5, 0.6) is 0 Å². The van der Waals surface area contributed by atoms with Crippen LogP contribution in [0.4, 0.5) is 0 Å². The smallest absolute Gasteiger partial charge is 0.0964 e. The molecule has 56 valence electrons. The Morgan fingerprint density at radius 2 is 2.00 bits per heavy atom. The van der Waals surface area contributed by atoms with E-state index in [-0.39, 0.29) is 0 Å². The fourth-order valence-electron chi connectivity index (χ4n) is 0.754. The lowest BCUT2D eigenvalue weighted by Gasteiger charge is -2.00. The molecule has 9 heavy (non-hydrogen) atoms. The zero-order chi connectivity index (χ0) is 7.11. The number of unbranched alkanes of at least 4 members (excludes halogenated alkanes) is 3. The van der Waals surface area contributed by atoms with E-state index in [1.165, 1.54) is 19.3 Å². The van der Waals surface area contributed by atoms with E-state index in [0.29, 0.717) is 0 Å². The Hall–Kier alpha value is 0.310. The van der Waals surface area contributed by atoms with Gasteiger partial charge < -0.3 is 5.11 Å². The van der Waals surface area contributed by atoms with Gasteiger partial charge in [-0.3, -0.25) is 0 Å². The molecule has 0 aromatic heterocycles. The number of thiol groups is 1. The van der Waals surface area contributed by atoms with Crippen molar-refractivity contribution in [1.29, 1.82) is 0 Å². The Bertz CT molecular complexity index is 54.9. The monoisotopic (exact) mass is 148 g/mol. The molecule has 0 amide bonds. The van der Waals surface area contributed by atoms with Crippen LogP contribution in [0.1, 0.15) is 39.0 Å². The fourth-order valence-corrected chi connectivity index (χ4v) is 0.936. The van der Waals surface area contributed by atoms with Crippen LogP contribution >= 0.6 is 12.6 Å². The quantitative estimate of drug-likeness (QED) is 0.348. The van der Waals surface area contributed by atoms with E-state index in [4.69, 9.17) is 5.11 Å². The number of aliphatic hydroxyl groups excluding tert-OH is 1. The molecule has 0 aliphatic carbocycles. The molecular formula is C7H16OS. The molecule has 0 aliphatic heterocycles. The first-order valence-corrected chi connectivity index (χ1v) is 4.15. The van der Waals surface area contributed by atoms with E-state index in [9.17, 15) is 0 Å². The van der Waals surface area contributed by atoms with E-state index in [2.05, 4.69) is 19.6 Å². The molecular weight excluding hydrogens is 132 g/mol. The van der Waals surface area contributed by atoms with Gasteiger partial charge in [0.05, 0.1) is 5.44 Å². The van der Waals surface area contributed by atoms with Gasteiger partial charge in [-0.2, -0.15) is 0 Å². The summed E-state index contributed by atoms with van der Waals surface area (Å²) in [5.41, 5.74) is -0.401. The van der Waals surface area contributed by atoms with E-state index in [1.807, 2.05) is 0 Å². The van der Waals surface area contributed by atoms with Gasteiger partial charge in [0, 0.05) is 0 Å². The van der Waals surface area contributed by atoms with Gasteiger partial charge in [-0.1, -0.05) is 32.6 Å². The first-order valence-electron chi connectivity index (χ1n) is 3.63. The molecule has 2 heteroatoms. The third kappa shape index (κ3) is 8.31. The van der Waals surface area contributed by atoms with Gasteiger partial charge in [-0.25, -0.2) is 0 Å². The largest absolute Gasteiger partial charge is 0.383 e. The predicted molar refractivity (Wildman–Crippen MR) is 43.8 cm³/mol. The molecule has 0 aromatic rings. The molecule has 0 bridgehead atoms. The van der Waals surface area contributed by atoms with Crippen molar-refractivity contribution in [3.63, 3.8) is 0 Å². The highest BCUT2D eigenvalue weighted by Gasteiger charge is 1.93. The average molecular weight is 148 g/mol. The van der Waals surface area contributed by atoms with Crippen molar-refractivity contribution in [2.45, 2.75) is 44.5 Å². The number of hydrogen-bond donors (Lipinski definition) is 2. The first kappa shape index (κ1) is 9.31. The molecule has 1 atom stereocenters. The van der Waals surface area contributed by atoms with Crippen LogP contribution in [0, 0.1) is 0 Å². The molecule has 0 radical (unpaired) electrons. The van der Waals surface area contributed by atoms with Crippen LogP contribution in [-0.4, -0.2) is 10.5 Å². The minimum Gasteiger partial charge on any atom is -0.383 e. The highest BCUT2D eigenvalue weighted by molar-refractivity contribution is 7.80. The van der Waals surface area contributed by atoms with Gasteiger partial charge in [-0.05, 0) is 6.42 Å². The Kier molecular flexibility index (Phi) is 6.65. The van der Waals surface area contributed by atoms with Gasteiger partial charge in [-0.15, -0.1) is 12.6 Å². The average Bonchev–Trinajstić information content (AvgIpc) is 1.80. The Morgan fingerprint density at radius 3 is 2.44 bits per heavy atom. The SMILES string of the molecule is CCCCCCC(O)S. The van der Waals surface area contributed by atoms with Crippen LogP contribution in [0.15, 0.2) is 0 Å². The lowest BCUT2D eigenvalue weighted by atomic mass is 10.2. The summed E-state index contributed by atoms with van der Waals surface area (Å²) in [6.07, 6.45) is 5.71. The van der Waals surface area contributed by atoms with Crippen LogP contribution < -0.4 is 0 Å². The molecule has 0 saturated carbocycles. The molecule has 1 unspecified atom stereocenters. The zero-order valence-corrected chi connectivity index (χ0v) is 6.90. The molecule has 0 rings (SSSR count). The normalized spacial score (nSPS) is 13.7. The third-order valence-corrected chi connectivity index (χ3v) is 1.57. The summed E-state index contributed by atoms with van der Waals surface area (Å²) in [6, 6.07) is 0. The highest BCUT2D eigenvalue weighted by Crippen LogP contribution is 2.06. The summed E-state index contributed by atoms with van der Waals surface area (Å²) < 4.78 is 0. The van der Waals surface area contributed by atoms with Crippen LogP contribution in [-0.2, 0) is 0 Å². The van der Waals surface area contributed by atoms with Crippen LogP contribution in [0.2, 0.25) is 0 Å². The number of hydrogen-bond acceptors (Lipinski definition) is 2. The molecule has 0 fully saturated rings. The highest BCUT2D eigenvalue weighted by atomic mass is 32.1. The fraction of sp³-hybridized carbons (Fsp3) is 1.00. The zero-order valence-electron chi connectivity index (χ0n) is 6.01. The summed E-state index contributed by atoms with van der Waals surface area (Å²) in [5, 5.41) is 8.72. The van der Waals surface area contributed by atoms with E-state index < -0.39 is 5.44 Å². The summed E-state index contributed by atoms with van der Waals surface area (Å²) in [4.78, 5) is 0. The third-order valence-electron chi connectivity index (χ3n) is 1.32. The Morgan fingerprint density at radius 1 is 1.33 bits per heavy atom. The minimum absolute atomic E-state index is 0.401. The van der Waals surface area contributed by atoms with Crippen LogP contribution in [0.3, 0.4) is 0 Å². The standard InChI is InChI=1S/C7H16OS/c1-2-3-4-5-6-7(8)9/h7-9H,2-6H2,1H3. The summed E-state index contributed by atoms with van der Waals surface area (Å²) in [7, 11) is 0. The van der Waals surface area contributed by atoms with Crippen molar-refractivity contribution in [2.24, 2.45) is 0 Å². The summed E-state index contributed by atoms with van der Waals surface area (Å²) in [6.45, 7) is 2.18. The molecule has 1 nitrogen and oxygen atoms in total. The molecule has 1 N–H and O–H groups in total. The van der Waals surface area contributed by atoms with Gasteiger partial charge >= 0.3 is 0 Å². The second-order valence-electron chi connectivity index (χ2n) is 2.33. The first-order chi connectivity index (χ1) is 4.27. The van der Waals surface area contributed by atoms with E-state index in [1.54, 1.807) is 0 Å². The van der Waals surface area contributed by atoms with Crippen molar-refractivity contribution in [1.82, 2.24) is 0 Å². The maximum atomic E-state index is 8.72. The minimum atomic E-state index is -0.401. The van der Waals surface area contributed by atoms with E-state index >= 15 is 0 Å². The van der Waals surface area contributed by atoms with Crippen molar-refractivity contribution in [3.05, 3.63) is 0 Å². The number of rotatable bonds is 5. The molecule has 0 heterocycles. The lowest BCUT2D eigenvalue weighted by molar-refractivity contribution is 0.250. The molecule has 0 aromatic carbocycles. The van der Waals surface area contributed by atoms with Crippen molar-refractivity contribution in [2.75, 3.05) is 0 Å². The van der Waals surface area contributed by atoms with Crippen molar-refractivity contribution < 1.29 is 5.11 Å². The van der Waals surface area contributed by atoms with Gasteiger partial charge in [0.2, 0.25) is 0 Å². The van der Waals surface area contributed by atoms with Crippen molar-refractivity contribution >= 4 is 12.6 Å². The topological polar surface area (TPSA) is 20.2 Å². The van der Waals surface area contributed by atoms with Crippen LogP contribution in [0.25, 0.3) is 0 Å². The van der Waals surface area contributed by atoms with Gasteiger partial charge in [0.15, 0.2) is 0 Å². The molecule has 0 saturated heterocycles. The van der Waals surface area contributed by atoms with Crippen molar-refractivity contribution in [3.8, 4) is 0 Å².